The highest BCUT2D eigenvalue weighted by molar-refractivity contribution is 5.64. The van der Waals surface area contributed by atoms with Crippen molar-refractivity contribution in [3.8, 4) is 11.3 Å². The Morgan fingerprint density at radius 1 is 1.43 bits per heavy atom. The van der Waals surface area contributed by atoms with Gasteiger partial charge in [0.1, 0.15) is 11.6 Å². The van der Waals surface area contributed by atoms with E-state index in [2.05, 4.69) is 20.6 Å². The molecule has 0 radical (unpaired) electrons. The average Bonchev–Trinajstić information content (AvgIpc) is 3.18. The molecule has 0 unspecified atom stereocenters. The lowest BCUT2D eigenvalue weighted by Crippen LogP contribution is -2.10. The molecule has 0 saturated carbocycles. The summed E-state index contributed by atoms with van der Waals surface area (Å²) >= 11 is 0. The topological polar surface area (TPSA) is 91.9 Å². The average molecular weight is 287 g/mol. The number of furan rings is 1. The summed E-state index contributed by atoms with van der Waals surface area (Å²) in [4.78, 5) is 0. The highest BCUT2D eigenvalue weighted by atomic mass is 16.3. The van der Waals surface area contributed by atoms with Gasteiger partial charge in [-0.15, -0.1) is 0 Å². The number of anilines is 1. The van der Waals surface area contributed by atoms with Gasteiger partial charge in [0, 0.05) is 17.8 Å². The fraction of sp³-hybridized carbons (Fsp3) is 0.286. The largest absolute Gasteiger partial charge is 0.469 e. The van der Waals surface area contributed by atoms with Crippen LogP contribution in [0.15, 0.2) is 35.1 Å². The number of hydrogen-bond acceptors (Lipinski definition) is 5. The molecule has 7 heteroatoms. The zero-order valence-corrected chi connectivity index (χ0v) is 11.7. The molecule has 0 aliphatic heterocycles. The molecular weight excluding hydrogens is 270 g/mol. The Morgan fingerprint density at radius 2 is 2.33 bits per heavy atom. The summed E-state index contributed by atoms with van der Waals surface area (Å²) in [5, 5.41) is 23.8. The Kier molecular flexibility index (Phi) is 3.74. The molecule has 21 heavy (non-hydrogen) atoms. The van der Waals surface area contributed by atoms with Crippen LogP contribution in [0.2, 0.25) is 0 Å². The molecule has 0 aliphatic carbocycles. The highest BCUT2D eigenvalue weighted by Crippen LogP contribution is 2.26. The fourth-order valence-electron chi connectivity index (χ4n) is 2.18. The standard InChI is InChI=1S/C14H17N5O2/c1-10-12(3-7-21-10)13-8-14(19(18-13)5-6-20)15-9-11-2-4-16-17-11/h2-4,7-8,15,20H,5-6,9H2,1H3,(H,16,17). The number of nitrogens with one attached hydrogen (secondary N) is 2. The van der Waals surface area contributed by atoms with Crippen LogP contribution in [0.25, 0.3) is 11.3 Å². The molecule has 3 aromatic heterocycles. The molecule has 0 aliphatic rings. The second-order valence-corrected chi connectivity index (χ2v) is 4.69. The number of nitrogens with zero attached hydrogens (tertiary/aromatic N) is 3. The van der Waals surface area contributed by atoms with Gasteiger partial charge in [-0.1, -0.05) is 0 Å². The Bertz CT molecular complexity index is 699. The lowest BCUT2D eigenvalue weighted by molar-refractivity contribution is 0.270. The maximum atomic E-state index is 9.17. The third-order valence-corrected chi connectivity index (χ3v) is 3.24. The van der Waals surface area contributed by atoms with Crippen molar-refractivity contribution < 1.29 is 9.52 Å². The first-order chi connectivity index (χ1) is 10.3. The first-order valence-electron chi connectivity index (χ1n) is 6.73. The second-order valence-electron chi connectivity index (χ2n) is 4.69. The van der Waals surface area contributed by atoms with Crippen LogP contribution in [-0.2, 0) is 13.1 Å². The number of aliphatic hydroxyl groups is 1. The Morgan fingerprint density at radius 3 is 3.00 bits per heavy atom. The van der Waals surface area contributed by atoms with Gasteiger partial charge in [0.2, 0.25) is 0 Å². The van der Waals surface area contributed by atoms with Gasteiger partial charge >= 0.3 is 0 Å². The van der Waals surface area contributed by atoms with E-state index in [1.165, 1.54) is 0 Å². The van der Waals surface area contributed by atoms with Crippen LogP contribution in [-0.4, -0.2) is 31.7 Å². The minimum absolute atomic E-state index is 0.0320. The van der Waals surface area contributed by atoms with Crippen LogP contribution in [0.1, 0.15) is 11.5 Å². The van der Waals surface area contributed by atoms with Gasteiger partial charge in [0.15, 0.2) is 0 Å². The highest BCUT2D eigenvalue weighted by Gasteiger charge is 2.12. The summed E-state index contributed by atoms with van der Waals surface area (Å²) in [5.74, 6) is 1.66. The van der Waals surface area contributed by atoms with Crippen molar-refractivity contribution >= 4 is 5.82 Å². The molecule has 0 spiro atoms. The van der Waals surface area contributed by atoms with Crippen LogP contribution in [0.4, 0.5) is 5.82 Å². The van der Waals surface area contributed by atoms with E-state index in [0.29, 0.717) is 13.1 Å². The van der Waals surface area contributed by atoms with Crippen LogP contribution < -0.4 is 5.32 Å². The van der Waals surface area contributed by atoms with Crippen LogP contribution >= 0.6 is 0 Å². The zero-order valence-electron chi connectivity index (χ0n) is 11.7. The number of hydrogen-bond donors (Lipinski definition) is 3. The quantitative estimate of drug-likeness (QED) is 0.642. The van der Waals surface area contributed by atoms with Crippen molar-refractivity contribution in [3.63, 3.8) is 0 Å². The molecule has 3 aromatic rings. The van der Waals surface area contributed by atoms with E-state index in [1.807, 2.05) is 25.1 Å². The van der Waals surface area contributed by atoms with Gasteiger partial charge in [-0.3, -0.25) is 5.10 Å². The zero-order chi connectivity index (χ0) is 14.7. The summed E-state index contributed by atoms with van der Waals surface area (Å²) in [6.45, 7) is 2.98. The lowest BCUT2D eigenvalue weighted by Gasteiger charge is -2.07. The number of aromatic nitrogens is 4. The first-order valence-corrected chi connectivity index (χ1v) is 6.73. The summed E-state index contributed by atoms with van der Waals surface area (Å²) in [7, 11) is 0. The molecule has 3 heterocycles. The van der Waals surface area contributed by atoms with E-state index < -0.39 is 0 Å². The molecular formula is C14H17N5O2. The molecule has 0 atom stereocenters. The van der Waals surface area contributed by atoms with E-state index in [0.717, 1.165) is 28.5 Å². The molecule has 110 valence electrons. The first kappa shape index (κ1) is 13.4. The van der Waals surface area contributed by atoms with Gasteiger partial charge in [-0.2, -0.15) is 10.2 Å². The molecule has 0 amide bonds. The normalized spacial score (nSPS) is 11.0. The Hall–Kier alpha value is -2.54. The van der Waals surface area contributed by atoms with Crippen molar-refractivity contribution in [1.82, 2.24) is 20.0 Å². The van der Waals surface area contributed by atoms with Crippen molar-refractivity contribution in [2.75, 3.05) is 11.9 Å². The van der Waals surface area contributed by atoms with Crippen molar-refractivity contribution in [2.24, 2.45) is 0 Å². The second kappa shape index (κ2) is 5.84. The molecule has 0 fully saturated rings. The summed E-state index contributed by atoms with van der Waals surface area (Å²) < 4.78 is 7.06. The van der Waals surface area contributed by atoms with Crippen LogP contribution in [0.3, 0.4) is 0 Å². The maximum absolute atomic E-state index is 9.17. The number of aromatic amines is 1. The minimum atomic E-state index is 0.0320. The molecule has 7 nitrogen and oxygen atoms in total. The van der Waals surface area contributed by atoms with E-state index >= 15 is 0 Å². The van der Waals surface area contributed by atoms with Gasteiger partial charge < -0.3 is 14.8 Å². The minimum Gasteiger partial charge on any atom is -0.469 e. The Balaban J connectivity index is 1.84. The molecule has 0 aromatic carbocycles. The van der Waals surface area contributed by atoms with Gasteiger partial charge in [0.25, 0.3) is 0 Å². The van der Waals surface area contributed by atoms with Crippen LogP contribution in [0, 0.1) is 6.92 Å². The molecule has 0 saturated heterocycles. The number of H-pyrrole nitrogens is 1. The monoisotopic (exact) mass is 287 g/mol. The van der Waals surface area contributed by atoms with E-state index in [4.69, 9.17) is 9.52 Å². The number of rotatable bonds is 6. The van der Waals surface area contributed by atoms with Crippen LogP contribution in [0.5, 0.6) is 0 Å². The third kappa shape index (κ3) is 2.82. The SMILES string of the molecule is Cc1occc1-c1cc(NCc2ccn[nH]2)n(CCO)n1. The van der Waals surface area contributed by atoms with Crippen molar-refractivity contribution in [3.05, 3.63) is 42.1 Å². The fourth-order valence-corrected chi connectivity index (χ4v) is 2.18. The van der Waals surface area contributed by atoms with E-state index in [9.17, 15) is 0 Å². The van der Waals surface area contributed by atoms with Crippen molar-refractivity contribution in [1.29, 1.82) is 0 Å². The van der Waals surface area contributed by atoms with Gasteiger partial charge in [-0.25, -0.2) is 4.68 Å². The van der Waals surface area contributed by atoms with Crippen molar-refractivity contribution in [2.45, 2.75) is 20.0 Å². The predicted molar refractivity (Wildman–Crippen MR) is 77.7 cm³/mol. The molecule has 0 bridgehead atoms. The maximum Gasteiger partial charge on any atom is 0.125 e. The molecule has 3 rings (SSSR count). The number of aliphatic hydroxyl groups excluding tert-OH is 1. The number of aryl methyl sites for hydroxylation is 1. The van der Waals surface area contributed by atoms with E-state index in [1.54, 1.807) is 17.1 Å². The summed E-state index contributed by atoms with van der Waals surface area (Å²) in [5.41, 5.74) is 2.76. The predicted octanol–water partition coefficient (Wildman–Crippen LogP) is 1.78. The lowest BCUT2D eigenvalue weighted by atomic mass is 10.2. The molecule has 3 N–H and O–H groups in total. The summed E-state index contributed by atoms with van der Waals surface area (Å²) in [6, 6.07) is 5.74. The van der Waals surface area contributed by atoms with Gasteiger partial charge in [0.05, 0.1) is 37.3 Å². The van der Waals surface area contributed by atoms with Gasteiger partial charge in [-0.05, 0) is 19.1 Å². The third-order valence-electron chi connectivity index (χ3n) is 3.24. The van der Waals surface area contributed by atoms with E-state index in [-0.39, 0.29) is 6.61 Å². The Labute approximate surface area is 121 Å². The smallest absolute Gasteiger partial charge is 0.125 e. The summed E-state index contributed by atoms with van der Waals surface area (Å²) in [6.07, 6.45) is 3.36.